The Morgan fingerprint density at radius 1 is 1.54 bits per heavy atom. The number of nitrogens with zero attached hydrogens (tertiary/aromatic N) is 2. The second-order valence-corrected chi connectivity index (χ2v) is 7.24. The Morgan fingerprint density at radius 2 is 2.15 bits per heavy atom. The van der Waals surface area contributed by atoms with Crippen molar-refractivity contribution in [2.24, 2.45) is 0 Å². The molecule has 72 valence electrons. The van der Waals surface area contributed by atoms with Gasteiger partial charge in [0.05, 0.1) is 5.69 Å². The number of hydrogen-bond donors (Lipinski definition) is 0. The second kappa shape index (κ2) is 3.48. The Morgan fingerprint density at radius 3 is 2.54 bits per heavy atom. The summed E-state index contributed by atoms with van der Waals surface area (Å²) >= 11 is 9.56. The molecule has 0 aromatic carbocycles. The Labute approximate surface area is 108 Å². The van der Waals surface area contributed by atoms with Gasteiger partial charge in [-0.3, -0.25) is 0 Å². The highest BCUT2D eigenvalue weighted by Crippen LogP contribution is 2.47. The predicted octanol–water partition coefficient (Wildman–Crippen LogP) is 3.68. The molecule has 0 aliphatic heterocycles. The lowest BCUT2D eigenvalue weighted by atomic mass is 10.4. The lowest BCUT2D eigenvalue weighted by molar-refractivity contribution is 0.651. The molecule has 0 atom stereocenters. The zero-order valence-corrected chi connectivity index (χ0v) is 12.5. The molecule has 2 nitrogen and oxygen atoms in total. The molecular formula is C8H9Br2IN2. The standard InChI is InChI=1S/C8H9Br2IN2/c1-5-6(9)13(7(10)12-5)4-8(11)2-3-8/h2-4H2,1H3. The molecule has 1 saturated carbocycles. The fourth-order valence-corrected chi connectivity index (χ4v) is 3.03. The molecule has 1 fully saturated rings. The topological polar surface area (TPSA) is 17.8 Å². The van der Waals surface area contributed by atoms with Crippen molar-refractivity contribution in [3.63, 3.8) is 0 Å². The van der Waals surface area contributed by atoms with Crippen LogP contribution >= 0.6 is 54.5 Å². The Balaban J connectivity index is 2.28. The molecule has 1 heterocycles. The van der Waals surface area contributed by atoms with E-state index in [0.29, 0.717) is 3.42 Å². The van der Waals surface area contributed by atoms with E-state index >= 15 is 0 Å². The van der Waals surface area contributed by atoms with Crippen molar-refractivity contribution in [3.8, 4) is 0 Å². The van der Waals surface area contributed by atoms with Crippen LogP contribution in [0.5, 0.6) is 0 Å². The fraction of sp³-hybridized carbons (Fsp3) is 0.625. The van der Waals surface area contributed by atoms with Gasteiger partial charge in [-0.2, -0.15) is 0 Å². The zero-order chi connectivity index (χ0) is 9.64. The van der Waals surface area contributed by atoms with E-state index in [-0.39, 0.29) is 0 Å². The van der Waals surface area contributed by atoms with E-state index in [1.807, 2.05) is 6.92 Å². The first-order valence-electron chi connectivity index (χ1n) is 4.09. The van der Waals surface area contributed by atoms with Gasteiger partial charge in [-0.05, 0) is 51.6 Å². The molecule has 1 aliphatic carbocycles. The monoisotopic (exact) mass is 418 g/mol. The highest BCUT2D eigenvalue weighted by Gasteiger charge is 2.40. The van der Waals surface area contributed by atoms with Gasteiger partial charge in [0.1, 0.15) is 4.60 Å². The highest BCUT2D eigenvalue weighted by atomic mass is 127. The van der Waals surface area contributed by atoms with Crippen LogP contribution in [0, 0.1) is 6.92 Å². The summed E-state index contributed by atoms with van der Waals surface area (Å²) in [7, 11) is 0. The first kappa shape index (κ1) is 10.4. The summed E-state index contributed by atoms with van der Waals surface area (Å²) in [5.41, 5.74) is 1.05. The minimum atomic E-state index is 0.482. The number of aromatic nitrogens is 2. The van der Waals surface area contributed by atoms with Crippen molar-refractivity contribution in [2.75, 3.05) is 0 Å². The lowest BCUT2D eigenvalue weighted by Crippen LogP contribution is -2.10. The van der Waals surface area contributed by atoms with Gasteiger partial charge in [-0.15, -0.1) is 0 Å². The molecule has 1 aliphatic rings. The van der Waals surface area contributed by atoms with E-state index in [4.69, 9.17) is 0 Å². The van der Waals surface area contributed by atoms with Gasteiger partial charge in [-0.1, -0.05) is 22.6 Å². The first-order chi connectivity index (χ1) is 6.02. The summed E-state index contributed by atoms with van der Waals surface area (Å²) in [6.45, 7) is 3.06. The van der Waals surface area contributed by atoms with E-state index in [2.05, 4.69) is 64.0 Å². The van der Waals surface area contributed by atoms with Gasteiger partial charge in [0.2, 0.25) is 0 Å². The van der Waals surface area contributed by atoms with E-state index in [0.717, 1.165) is 21.6 Å². The van der Waals surface area contributed by atoms with Crippen molar-refractivity contribution in [2.45, 2.75) is 29.7 Å². The van der Waals surface area contributed by atoms with Gasteiger partial charge in [-0.25, -0.2) is 4.98 Å². The molecule has 0 amide bonds. The summed E-state index contributed by atoms with van der Waals surface area (Å²) in [6, 6.07) is 0. The van der Waals surface area contributed by atoms with E-state index in [9.17, 15) is 0 Å². The molecule has 0 saturated heterocycles. The Hall–Kier alpha value is 0.900. The molecule has 0 spiro atoms. The third-order valence-electron chi connectivity index (χ3n) is 2.25. The molecule has 1 aromatic rings. The maximum absolute atomic E-state index is 4.35. The minimum Gasteiger partial charge on any atom is -0.312 e. The Kier molecular flexibility index (Phi) is 2.79. The Bertz CT molecular complexity index is 344. The van der Waals surface area contributed by atoms with Gasteiger partial charge >= 0.3 is 0 Å². The molecule has 2 rings (SSSR count). The summed E-state index contributed by atoms with van der Waals surface area (Å²) in [6.07, 6.45) is 2.65. The van der Waals surface area contributed by atoms with Crippen LogP contribution in [-0.4, -0.2) is 13.0 Å². The van der Waals surface area contributed by atoms with Gasteiger partial charge in [0.15, 0.2) is 4.73 Å². The quantitative estimate of drug-likeness (QED) is 0.528. The molecule has 1 aromatic heterocycles. The highest BCUT2D eigenvalue weighted by molar-refractivity contribution is 14.1. The summed E-state index contributed by atoms with van der Waals surface area (Å²) in [4.78, 5) is 4.35. The molecule has 0 unspecified atom stereocenters. The summed E-state index contributed by atoms with van der Waals surface area (Å²) < 4.78 is 4.70. The third kappa shape index (κ3) is 2.12. The van der Waals surface area contributed by atoms with Crippen LogP contribution in [0.25, 0.3) is 0 Å². The number of alkyl halides is 1. The maximum Gasteiger partial charge on any atom is 0.178 e. The molecule has 0 radical (unpaired) electrons. The smallest absolute Gasteiger partial charge is 0.178 e. The van der Waals surface area contributed by atoms with Crippen LogP contribution in [0.3, 0.4) is 0 Å². The average Bonchev–Trinajstić information content (AvgIpc) is 2.73. The number of imidazole rings is 1. The van der Waals surface area contributed by atoms with Crippen LogP contribution in [0.15, 0.2) is 9.34 Å². The molecular weight excluding hydrogens is 411 g/mol. The van der Waals surface area contributed by atoms with Crippen molar-refractivity contribution < 1.29 is 0 Å². The van der Waals surface area contributed by atoms with E-state index < -0.39 is 0 Å². The molecule has 13 heavy (non-hydrogen) atoms. The molecule has 5 heteroatoms. The second-order valence-electron chi connectivity index (χ2n) is 3.49. The van der Waals surface area contributed by atoms with Crippen LogP contribution < -0.4 is 0 Å². The average molecular weight is 420 g/mol. The summed E-state index contributed by atoms with van der Waals surface area (Å²) in [5, 5.41) is 0. The normalized spacial score (nSPS) is 19.1. The van der Waals surface area contributed by atoms with Gasteiger partial charge in [0, 0.05) is 9.97 Å². The van der Waals surface area contributed by atoms with Crippen molar-refractivity contribution in [3.05, 3.63) is 15.0 Å². The van der Waals surface area contributed by atoms with Crippen molar-refractivity contribution in [1.29, 1.82) is 0 Å². The predicted molar refractivity (Wildman–Crippen MR) is 68.3 cm³/mol. The van der Waals surface area contributed by atoms with Crippen LogP contribution in [0.2, 0.25) is 0 Å². The maximum atomic E-state index is 4.35. The molecule has 0 N–H and O–H groups in total. The number of halogens is 3. The summed E-state index contributed by atoms with van der Waals surface area (Å²) in [5.74, 6) is 0. The molecule has 0 bridgehead atoms. The SMILES string of the molecule is Cc1nc(Br)n(CC2(I)CC2)c1Br. The van der Waals surface area contributed by atoms with E-state index in [1.54, 1.807) is 0 Å². The fourth-order valence-electron chi connectivity index (χ4n) is 1.23. The van der Waals surface area contributed by atoms with Crippen LogP contribution in [-0.2, 0) is 6.54 Å². The zero-order valence-electron chi connectivity index (χ0n) is 7.15. The largest absolute Gasteiger partial charge is 0.312 e. The van der Waals surface area contributed by atoms with Crippen LogP contribution in [0.1, 0.15) is 18.5 Å². The minimum absolute atomic E-state index is 0.482. The number of rotatable bonds is 2. The lowest BCUT2D eigenvalue weighted by Gasteiger charge is -2.09. The first-order valence-corrected chi connectivity index (χ1v) is 6.75. The van der Waals surface area contributed by atoms with Gasteiger partial charge < -0.3 is 4.57 Å². The van der Waals surface area contributed by atoms with E-state index in [1.165, 1.54) is 12.8 Å². The third-order valence-corrected chi connectivity index (χ3v) is 5.28. The number of hydrogen-bond acceptors (Lipinski definition) is 1. The van der Waals surface area contributed by atoms with Crippen molar-refractivity contribution in [1.82, 2.24) is 9.55 Å². The van der Waals surface area contributed by atoms with Crippen molar-refractivity contribution >= 4 is 54.5 Å². The number of aryl methyl sites for hydroxylation is 1. The van der Waals surface area contributed by atoms with Gasteiger partial charge in [0.25, 0.3) is 0 Å². The van der Waals surface area contributed by atoms with Crippen LogP contribution in [0.4, 0.5) is 0 Å².